The molecule has 4 rings (SSSR count). The molecule has 0 spiro atoms. The zero-order chi connectivity index (χ0) is 19.2. The predicted octanol–water partition coefficient (Wildman–Crippen LogP) is 0.753. The summed E-state index contributed by atoms with van der Waals surface area (Å²) in [6.45, 7) is 0.200. The molecule has 2 aromatic heterocycles. The zero-order valence-corrected chi connectivity index (χ0v) is 15.1. The van der Waals surface area contributed by atoms with Crippen LogP contribution in [0.25, 0.3) is 22.1 Å². The van der Waals surface area contributed by atoms with Gasteiger partial charge in [-0.05, 0) is 24.3 Å². The molecular weight excluding hydrogens is 372 g/mol. The Balaban J connectivity index is 1.56. The number of aromatic nitrogens is 3. The van der Waals surface area contributed by atoms with Gasteiger partial charge < -0.3 is 9.40 Å². The van der Waals surface area contributed by atoms with Gasteiger partial charge in [-0.15, -0.1) is 0 Å². The Morgan fingerprint density at radius 1 is 1.11 bits per heavy atom. The van der Waals surface area contributed by atoms with Crippen LogP contribution in [0.2, 0.25) is 0 Å². The van der Waals surface area contributed by atoms with E-state index in [4.69, 9.17) is 4.42 Å². The highest BCUT2D eigenvalue weighted by Crippen LogP contribution is 2.17. The first-order chi connectivity index (χ1) is 12.9. The molecular formula is C17H16N4O5S. The quantitative estimate of drug-likeness (QED) is 0.523. The summed E-state index contributed by atoms with van der Waals surface area (Å²) in [5, 5.41) is 0. The van der Waals surface area contributed by atoms with Gasteiger partial charge in [-0.3, -0.25) is 9.13 Å². The first-order valence-corrected chi connectivity index (χ1v) is 9.62. The van der Waals surface area contributed by atoms with E-state index in [0.29, 0.717) is 16.6 Å². The fourth-order valence-electron chi connectivity index (χ4n) is 2.99. The molecule has 10 heteroatoms. The van der Waals surface area contributed by atoms with Crippen molar-refractivity contribution in [2.75, 3.05) is 6.54 Å². The lowest BCUT2D eigenvalue weighted by Gasteiger charge is -2.07. The lowest BCUT2D eigenvalue weighted by Crippen LogP contribution is -2.30. The van der Waals surface area contributed by atoms with Crippen LogP contribution < -0.4 is 16.2 Å². The minimum absolute atomic E-state index is 0.0179. The maximum Gasteiger partial charge on any atom is 0.419 e. The molecule has 0 unspecified atom stereocenters. The number of hydrogen-bond donors (Lipinski definition) is 2. The monoisotopic (exact) mass is 388 g/mol. The minimum atomic E-state index is -3.82. The summed E-state index contributed by atoms with van der Waals surface area (Å²) in [4.78, 5) is 26.3. The predicted molar refractivity (Wildman–Crippen MR) is 99.2 cm³/mol. The Kier molecular flexibility index (Phi) is 4.01. The van der Waals surface area contributed by atoms with Crippen molar-refractivity contribution in [1.29, 1.82) is 0 Å². The van der Waals surface area contributed by atoms with Gasteiger partial charge in [0.05, 0.1) is 21.4 Å². The average Bonchev–Trinajstić information content (AvgIpc) is 3.11. The van der Waals surface area contributed by atoms with Crippen molar-refractivity contribution >= 4 is 32.2 Å². The number of hydrogen-bond acceptors (Lipinski definition) is 5. The van der Waals surface area contributed by atoms with E-state index < -0.39 is 15.8 Å². The summed E-state index contributed by atoms with van der Waals surface area (Å²) >= 11 is 0. The molecule has 0 bridgehead atoms. The molecule has 2 heterocycles. The molecule has 0 fully saturated rings. The van der Waals surface area contributed by atoms with Crippen LogP contribution in [0.1, 0.15) is 0 Å². The molecule has 2 N–H and O–H groups in total. The first kappa shape index (κ1) is 17.3. The largest absolute Gasteiger partial charge is 0.419 e. The third-order valence-corrected chi connectivity index (χ3v) is 5.84. The van der Waals surface area contributed by atoms with Crippen molar-refractivity contribution in [3.63, 3.8) is 0 Å². The lowest BCUT2D eigenvalue weighted by molar-refractivity contribution is 0.527. The van der Waals surface area contributed by atoms with Gasteiger partial charge in [0.2, 0.25) is 10.0 Å². The summed E-state index contributed by atoms with van der Waals surface area (Å²) in [7, 11) is -2.28. The van der Waals surface area contributed by atoms with Crippen LogP contribution in [0.3, 0.4) is 0 Å². The smallest absolute Gasteiger partial charge is 0.408 e. The number of aromatic amines is 1. The van der Waals surface area contributed by atoms with E-state index >= 15 is 0 Å². The van der Waals surface area contributed by atoms with Gasteiger partial charge in [-0.2, -0.15) is 0 Å². The van der Waals surface area contributed by atoms with Crippen LogP contribution in [0.4, 0.5) is 0 Å². The molecule has 9 nitrogen and oxygen atoms in total. The van der Waals surface area contributed by atoms with E-state index in [9.17, 15) is 18.0 Å². The number of rotatable bonds is 5. The van der Waals surface area contributed by atoms with Crippen molar-refractivity contribution in [3.8, 4) is 0 Å². The van der Waals surface area contributed by atoms with E-state index in [1.807, 2.05) is 6.07 Å². The molecule has 2 aromatic carbocycles. The van der Waals surface area contributed by atoms with E-state index in [1.165, 1.54) is 27.3 Å². The van der Waals surface area contributed by atoms with Crippen LogP contribution >= 0.6 is 0 Å². The number of sulfonamides is 1. The summed E-state index contributed by atoms with van der Waals surface area (Å²) in [5.74, 6) is -0.564. The molecule has 0 atom stereocenters. The minimum Gasteiger partial charge on any atom is -0.408 e. The molecule has 27 heavy (non-hydrogen) atoms. The van der Waals surface area contributed by atoms with Crippen LogP contribution in [0.15, 0.2) is 61.4 Å². The Hall–Kier alpha value is -3.11. The number of imidazole rings is 1. The third-order valence-electron chi connectivity index (χ3n) is 4.38. The Bertz CT molecular complexity index is 1370. The number of aryl methyl sites for hydroxylation is 1. The maximum atomic E-state index is 12.5. The highest BCUT2D eigenvalue weighted by Gasteiger charge is 2.17. The molecule has 0 amide bonds. The molecule has 0 saturated carbocycles. The summed E-state index contributed by atoms with van der Waals surface area (Å²) in [5.41, 5.74) is 1.79. The fourth-order valence-corrected chi connectivity index (χ4v) is 4.02. The Morgan fingerprint density at radius 3 is 2.70 bits per heavy atom. The molecule has 140 valence electrons. The van der Waals surface area contributed by atoms with Gasteiger partial charge in [-0.1, -0.05) is 12.1 Å². The van der Waals surface area contributed by atoms with E-state index in [2.05, 4.69) is 9.71 Å². The second kappa shape index (κ2) is 6.25. The van der Waals surface area contributed by atoms with Crippen molar-refractivity contribution < 1.29 is 12.8 Å². The SMILES string of the molecule is Cn1c(=O)oc2cc(S(=O)(=O)NCCn3c(=O)[nH]c4ccccc43)ccc21. The van der Waals surface area contributed by atoms with Crippen LogP contribution in [-0.2, 0) is 23.6 Å². The number of fused-ring (bicyclic) bond motifs is 2. The van der Waals surface area contributed by atoms with E-state index in [-0.39, 0.29) is 29.3 Å². The molecule has 0 aliphatic carbocycles. The molecule has 0 saturated heterocycles. The summed E-state index contributed by atoms with van der Waals surface area (Å²) < 4.78 is 35.3. The van der Waals surface area contributed by atoms with Crippen molar-refractivity contribution in [2.45, 2.75) is 11.4 Å². The maximum absolute atomic E-state index is 12.5. The number of nitrogens with one attached hydrogen (secondary N) is 2. The highest BCUT2D eigenvalue weighted by atomic mass is 32.2. The molecule has 0 radical (unpaired) electrons. The van der Waals surface area contributed by atoms with Crippen LogP contribution in [-0.4, -0.2) is 29.1 Å². The highest BCUT2D eigenvalue weighted by molar-refractivity contribution is 7.89. The number of benzene rings is 2. The van der Waals surface area contributed by atoms with Crippen molar-refractivity contribution in [1.82, 2.24) is 18.8 Å². The van der Waals surface area contributed by atoms with Crippen molar-refractivity contribution in [3.05, 3.63) is 63.5 Å². The number of oxazole rings is 1. The van der Waals surface area contributed by atoms with Gasteiger partial charge in [0.15, 0.2) is 5.58 Å². The Labute approximate surface area is 152 Å². The van der Waals surface area contributed by atoms with Gasteiger partial charge in [0.1, 0.15) is 0 Å². The van der Waals surface area contributed by atoms with E-state index in [1.54, 1.807) is 25.2 Å². The molecule has 0 aliphatic rings. The van der Waals surface area contributed by atoms with Gasteiger partial charge in [-0.25, -0.2) is 22.7 Å². The topological polar surface area (TPSA) is 119 Å². The van der Waals surface area contributed by atoms with Gasteiger partial charge >= 0.3 is 11.4 Å². The fraction of sp³-hybridized carbons (Fsp3) is 0.176. The Morgan fingerprint density at radius 2 is 1.89 bits per heavy atom. The third kappa shape index (κ3) is 2.98. The standard InChI is InChI=1S/C17H16N4O5S/c1-20-14-7-6-11(10-15(14)26-17(20)23)27(24,25)18-8-9-21-13-5-3-2-4-12(13)19-16(21)22/h2-7,10,18H,8-9H2,1H3,(H,19,22). The van der Waals surface area contributed by atoms with E-state index in [0.717, 1.165) is 0 Å². The lowest BCUT2D eigenvalue weighted by atomic mass is 10.3. The second-order valence-electron chi connectivity index (χ2n) is 6.05. The van der Waals surface area contributed by atoms with Crippen LogP contribution in [0.5, 0.6) is 0 Å². The number of para-hydroxylation sites is 2. The number of nitrogens with zero attached hydrogens (tertiary/aromatic N) is 2. The average molecular weight is 388 g/mol. The van der Waals surface area contributed by atoms with Crippen LogP contribution in [0, 0.1) is 0 Å². The zero-order valence-electron chi connectivity index (χ0n) is 14.3. The van der Waals surface area contributed by atoms with Gasteiger partial charge in [0.25, 0.3) is 0 Å². The summed E-state index contributed by atoms with van der Waals surface area (Å²) in [6, 6.07) is 11.4. The molecule has 0 aliphatic heterocycles. The van der Waals surface area contributed by atoms with Gasteiger partial charge in [0, 0.05) is 26.2 Å². The van der Waals surface area contributed by atoms with Crippen molar-refractivity contribution in [2.24, 2.45) is 7.05 Å². The second-order valence-corrected chi connectivity index (χ2v) is 7.82. The normalized spacial score (nSPS) is 12.2. The summed E-state index contributed by atoms with van der Waals surface area (Å²) in [6.07, 6.45) is 0. The number of H-pyrrole nitrogens is 1. The molecule has 4 aromatic rings. The first-order valence-electron chi connectivity index (χ1n) is 8.13.